The van der Waals surface area contributed by atoms with Gasteiger partial charge in [-0.2, -0.15) is 0 Å². The van der Waals surface area contributed by atoms with E-state index in [2.05, 4.69) is 0 Å². The number of alkyl halides is 3. The number of benzene rings is 2. The summed E-state index contributed by atoms with van der Waals surface area (Å²) in [5.41, 5.74) is -4.45. The number of fused-ring (bicyclic) bond motifs is 1. The molecule has 136 valence electrons. The number of ether oxygens (including phenoxy) is 2. The maximum atomic E-state index is 12.3. The van der Waals surface area contributed by atoms with Crippen LogP contribution in [-0.2, 0) is 33.2 Å². The molecule has 0 bridgehead atoms. The van der Waals surface area contributed by atoms with E-state index in [1.165, 1.54) is 0 Å². The summed E-state index contributed by atoms with van der Waals surface area (Å²) >= 11 is -5.52. The third kappa shape index (κ3) is 5.16. The van der Waals surface area contributed by atoms with Crippen LogP contribution in [0.5, 0.6) is 5.75 Å². The Morgan fingerprint density at radius 1 is 1.24 bits per heavy atom. The van der Waals surface area contributed by atoms with E-state index >= 15 is 0 Å². The molecule has 1 aliphatic rings. The van der Waals surface area contributed by atoms with E-state index < -0.39 is 28.2 Å². The summed E-state index contributed by atoms with van der Waals surface area (Å²) in [5.74, 6) is 0.306. The number of nitrogens with one attached hydrogen (secondary N) is 1. The van der Waals surface area contributed by atoms with Crippen LogP contribution >= 0.6 is 0 Å². The van der Waals surface area contributed by atoms with Gasteiger partial charge >= 0.3 is 5.51 Å². The molecule has 2 aromatic rings. The summed E-state index contributed by atoms with van der Waals surface area (Å²) in [6.07, 6.45) is 0.0485. The van der Waals surface area contributed by atoms with Crippen molar-refractivity contribution in [2.24, 2.45) is 0 Å². The zero-order chi connectivity index (χ0) is 18.0. The first kappa shape index (κ1) is 18.6. The molecule has 2 aromatic carbocycles. The van der Waals surface area contributed by atoms with E-state index in [-0.39, 0.29) is 11.9 Å². The van der Waals surface area contributed by atoms with Crippen molar-refractivity contribution in [1.82, 2.24) is 4.13 Å². The standard InChI is InChI=1S/C15H14F3NO4S2/c16-15(17,18)25(21)19-24(20)9-10-5-11-3-1-2-4-13(11)14(6-10)23-8-12-7-22-12/h1-6,12,19H,7-9H2. The first-order chi connectivity index (χ1) is 11.8. The molecule has 1 saturated heterocycles. The smallest absolute Gasteiger partial charge is 0.594 e. The zero-order valence-electron chi connectivity index (χ0n) is 12.7. The highest BCUT2D eigenvalue weighted by Crippen LogP contribution is 2.30. The third-order valence-corrected chi connectivity index (χ3v) is 5.75. The Morgan fingerprint density at radius 2 is 1.96 bits per heavy atom. The van der Waals surface area contributed by atoms with Gasteiger partial charge in [0.1, 0.15) is 18.5 Å². The molecule has 25 heavy (non-hydrogen) atoms. The lowest BCUT2D eigenvalue weighted by Gasteiger charge is -2.15. The van der Waals surface area contributed by atoms with Crippen LogP contribution in [0.3, 0.4) is 0 Å². The third-order valence-electron chi connectivity index (χ3n) is 3.39. The average molecular weight is 393 g/mol. The molecule has 0 aliphatic carbocycles. The van der Waals surface area contributed by atoms with Crippen molar-refractivity contribution in [1.29, 1.82) is 0 Å². The van der Waals surface area contributed by atoms with Crippen LogP contribution < -0.4 is 8.86 Å². The van der Waals surface area contributed by atoms with Gasteiger partial charge in [-0.3, -0.25) is 0 Å². The molecule has 1 fully saturated rings. The highest BCUT2D eigenvalue weighted by molar-refractivity contribution is 8.04. The maximum Gasteiger partial charge on any atom is 0.597 e. The molecule has 3 rings (SSSR count). The van der Waals surface area contributed by atoms with Gasteiger partial charge in [0.15, 0.2) is 5.75 Å². The van der Waals surface area contributed by atoms with Crippen LogP contribution in [-0.4, -0.2) is 33.9 Å². The van der Waals surface area contributed by atoms with Gasteiger partial charge in [-0.15, -0.1) is 13.2 Å². The molecule has 0 spiro atoms. The highest BCUT2D eigenvalue weighted by atomic mass is 32.3. The lowest BCUT2D eigenvalue weighted by molar-refractivity contribution is -0.0440. The van der Waals surface area contributed by atoms with Crippen LogP contribution in [0, 0.1) is 0 Å². The monoisotopic (exact) mass is 393 g/mol. The van der Waals surface area contributed by atoms with Gasteiger partial charge in [0, 0.05) is 15.1 Å². The molecule has 10 heteroatoms. The van der Waals surface area contributed by atoms with Crippen molar-refractivity contribution in [2.75, 3.05) is 13.2 Å². The Labute approximate surface area is 148 Å². The average Bonchev–Trinajstić information content (AvgIpc) is 3.35. The maximum absolute atomic E-state index is 12.3. The summed E-state index contributed by atoms with van der Waals surface area (Å²) in [7, 11) is 0. The number of hydrogen-bond acceptors (Lipinski definition) is 5. The number of hydrogen-bond donors (Lipinski definition) is 1. The molecular formula is C15H14F3NO4S2. The fourth-order valence-electron chi connectivity index (χ4n) is 2.20. The Morgan fingerprint density at radius 3 is 2.64 bits per heavy atom. The second-order valence-electron chi connectivity index (χ2n) is 5.37. The lowest BCUT2D eigenvalue weighted by atomic mass is 10.1. The Balaban J connectivity index is 1.76. The van der Waals surface area contributed by atoms with Crippen LogP contribution in [0.25, 0.3) is 10.8 Å². The van der Waals surface area contributed by atoms with E-state index in [0.717, 1.165) is 10.8 Å². The van der Waals surface area contributed by atoms with Gasteiger partial charge in [-0.05, 0) is 17.5 Å². The summed E-state index contributed by atoms with van der Waals surface area (Å²) in [5, 5.41) is 1.64. The topological polar surface area (TPSA) is 79.9 Å². The van der Waals surface area contributed by atoms with Crippen LogP contribution in [0.4, 0.5) is 13.2 Å². The second-order valence-corrected chi connectivity index (χ2v) is 8.02. The Bertz CT molecular complexity index is 742. The quantitative estimate of drug-likeness (QED) is 0.578. The van der Waals surface area contributed by atoms with Crippen molar-refractivity contribution in [2.45, 2.75) is 17.4 Å². The van der Waals surface area contributed by atoms with Crippen molar-refractivity contribution < 1.29 is 31.8 Å². The van der Waals surface area contributed by atoms with E-state index in [1.54, 1.807) is 16.3 Å². The fraction of sp³-hybridized carbons (Fsp3) is 0.333. The minimum absolute atomic E-state index is 0.0485. The van der Waals surface area contributed by atoms with Gasteiger partial charge < -0.3 is 18.6 Å². The molecule has 0 radical (unpaired) electrons. The Kier molecular flexibility index (Phi) is 5.66. The summed E-state index contributed by atoms with van der Waals surface area (Å²) in [4.78, 5) is 0. The van der Waals surface area contributed by atoms with Crippen molar-refractivity contribution >= 4 is 33.5 Å². The molecule has 1 aliphatic heterocycles. The predicted octanol–water partition coefficient (Wildman–Crippen LogP) is 2.55. The summed E-state index contributed by atoms with van der Waals surface area (Å²) < 4.78 is 72.0. The number of rotatable bonds is 7. The normalized spacial score (nSPS) is 19.6. The molecule has 0 saturated carbocycles. The molecule has 5 nitrogen and oxygen atoms in total. The molecular weight excluding hydrogens is 379 g/mol. The SMILES string of the molecule is [O-][S+](Cc1cc(OCC2CO2)c2ccccc2c1)N[S+]([O-])C(F)(F)F. The van der Waals surface area contributed by atoms with Crippen molar-refractivity contribution in [3.05, 3.63) is 42.0 Å². The zero-order valence-corrected chi connectivity index (χ0v) is 14.4. The van der Waals surface area contributed by atoms with Crippen LogP contribution in [0.2, 0.25) is 0 Å². The second kappa shape index (κ2) is 7.60. The van der Waals surface area contributed by atoms with Gasteiger partial charge in [-0.25, -0.2) is 0 Å². The van der Waals surface area contributed by atoms with Crippen molar-refractivity contribution in [3.8, 4) is 5.75 Å². The predicted molar refractivity (Wildman–Crippen MR) is 88.4 cm³/mol. The molecule has 0 aromatic heterocycles. The van der Waals surface area contributed by atoms with Crippen LogP contribution in [0.1, 0.15) is 5.56 Å². The van der Waals surface area contributed by atoms with E-state index in [9.17, 15) is 22.3 Å². The minimum atomic E-state index is -4.96. The van der Waals surface area contributed by atoms with Gasteiger partial charge in [0.05, 0.1) is 18.0 Å². The minimum Gasteiger partial charge on any atom is -0.594 e. The first-order valence-electron chi connectivity index (χ1n) is 7.22. The molecule has 1 heterocycles. The highest BCUT2D eigenvalue weighted by Gasteiger charge is 2.48. The lowest BCUT2D eigenvalue weighted by Crippen LogP contribution is -2.40. The molecule has 1 N–H and O–H groups in total. The van der Waals surface area contributed by atoms with E-state index in [1.807, 2.05) is 24.3 Å². The van der Waals surface area contributed by atoms with E-state index in [0.29, 0.717) is 24.5 Å². The Hall–Kier alpha value is -1.17. The van der Waals surface area contributed by atoms with Crippen LogP contribution in [0.15, 0.2) is 36.4 Å². The van der Waals surface area contributed by atoms with Gasteiger partial charge in [0.2, 0.25) is 11.4 Å². The number of halogens is 3. The van der Waals surface area contributed by atoms with Gasteiger partial charge in [0.25, 0.3) is 0 Å². The first-order valence-corrected chi connectivity index (χ1v) is 9.69. The summed E-state index contributed by atoms with van der Waals surface area (Å²) in [6, 6.07) is 10.7. The van der Waals surface area contributed by atoms with E-state index in [4.69, 9.17) is 9.47 Å². The summed E-state index contributed by atoms with van der Waals surface area (Å²) in [6.45, 7) is 1.00. The number of epoxide rings is 1. The molecule has 3 unspecified atom stereocenters. The van der Waals surface area contributed by atoms with Gasteiger partial charge in [-0.1, -0.05) is 24.3 Å². The molecule has 0 amide bonds. The fourth-order valence-corrected chi connectivity index (χ4v) is 3.96. The largest absolute Gasteiger partial charge is 0.597 e. The van der Waals surface area contributed by atoms with Crippen molar-refractivity contribution in [3.63, 3.8) is 0 Å². The molecule has 3 atom stereocenters.